The Labute approximate surface area is 303 Å². The van der Waals surface area contributed by atoms with Crippen LogP contribution in [0, 0.1) is 6.92 Å². The first-order valence-corrected chi connectivity index (χ1v) is 17.4. The van der Waals surface area contributed by atoms with E-state index in [0.29, 0.717) is 16.5 Å². The molecule has 0 aromatic heterocycles. The number of phenols is 1. The lowest BCUT2D eigenvalue weighted by molar-refractivity contribution is -0.369. The molecule has 17 heteroatoms. The molecule has 5 aliphatic heterocycles. The molecule has 2 aromatic carbocycles. The van der Waals surface area contributed by atoms with Crippen LogP contribution in [-0.2, 0) is 47.4 Å². The zero-order valence-corrected chi connectivity index (χ0v) is 30.5. The maximum Gasteiger partial charge on any atom is 0.303 e. The minimum atomic E-state index is -1.73. The fraction of sp³-hybridized carbons (Fsp3) is 0.667. The van der Waals surface area contributed by atoms with Gasteiger partial charge in [-0.05, 0) is 39.3 Å². The lowest BCUT2D eigenvalue weighted by Crippen LogP contribution is -2.70. The predicted octanol–water partition coefficient (Wildman–Crippen LogP) is 1.68. The summed E-state index contributed by atoms with van der Waals surface area (Å²) in [6.07, 6.45) is -10.1. The van der Waals surface area contributed by atoms with Crippen molar-refractivity contribution in [3.8, 4) is 17.2 Å². The van der Waals surface area contributed by atoms with E-state index in [-0.39, 0.29) is 47.5 Å². The summed E-state index contributed by atoms with van der Waals surface area (Å²) in [5.74, 6) is -4.98. The zero-order valence-electron chi connectivity index (χ0n) is 30.5. The summed E-state index contributed by atoms with van der Waals surface area (Å²) >= 11 is 0. The van der Waals surface area contributed by atoms with Crippen LogP contribution in [0.4, 0.5) is 0 Å². The SMILES string of the molecule is COc1c2c(c(O)c3c4c(c(C)cc13)C1OC3([C@H](OC)OC(C)O)OC1[C@@](OC)(O4)[C@@]31CO1)C(=O)[C@@H](O)C[C@@H]2OC1CC(C)(O)C(OC(C)=O)C(C)O1. The first-order chi connectivity index (χ1) is 25.0. The number of benzene rings is 2. The smallest absolute Gasteiger partial charge is 0.303 e. The van der Waals surface area contributed by atoms with Crippen molar-refractivity contribution in [2.24, 2.45) is 0 Å². The molecule has 53 heavy (non-hydrogen) atoms. The molecule has 8 unspecified atom stereocenters. The maximum absolute atomic E-state index is 13.8. The van der Waals surface area contributed by atoms with Crippen molar-refractivity contribution in [3.05, 3.63) is 28.3 Å². The van der Waals surface area contributed by atoms with E-state index in [4.69, 9.17) is 52.1 Å². The van der Waals surface area contributed by atoms with Gasteiger partial charge >= 0.3 is 5.97 Å². The second-order valence-corrected chi connectivity index (χ2v) is 14.8. The van der Waals surface area contributed by atoms with E-state index >= 15 is 0 Å². The number of aryl methyl sites for hydroxylation is 1. The highest BCUT2D eigenvalue weighted by Gasteiger charge is 2.93. The van der Waals surface area contributed by atoms with Crippen molar-refractivity contribution in [2.45, 2.75) is 126 Å². The number of fused-ring (bicyclic) bond motifs is 8. The number of hydrogen-bond acceptors (Lipinski definition) is 17. The van der Waals surface area contributed by atoms with Crippen LogP contribution in [-0.4, -0.2) is 126 Å². The lowest BCUT2D eigenvalue weighted by Gasteiger charge is -2.49. The average Bonchev–Trinajstić information content (AvgIpc) is 3.74. The number of aliphatic hydroxyl groups is 3. The van der Waals surface area contributed by atoms with E-state index in [1.54, 1.807) is 13.0 Å². The number of epoxide rings is 1. The molecular formula is C36H44O17. The van der Waals surface area contributed by atoms with Crippen molar-refractivity contribution < 1.29 is 82.1 Å². The van der Waals surface area contributed by atoms with Crippen LogP contribution in [0.5, 0.6) is 17.2 Å². The largest absolute Gasteiger partial charge is 0.506 e. The number of hydrogen-bond donors (Lipinski definition) is 4. The van der Waals surface area contributed by atoms with Gasteiger partial charge in [-0.15, -0.1) is 0 Å². The summed E-state index contributed by atoms with van der Waals surface area (Å²) in [7, 11) is 4.20. The Morgan fingerprint density at radius 3 is 2.45 bits per heavy atom. The third kappa shape index (κ3) is 4.83. The van der Waals surface area contributed by atoms with Crippen molar-refractivity contribution in [3.63, 3.8) is 0 Å². The van der Waals surface area contributed by atoms with E-state index < -0.39 is 95.8 Å². The van der Waals surface area contributed by atoms with Gasteiger partial charge in [-0.25, -0.2) is 0 Å². The van der Waals surface area contributed by atoms with Gasteiger partial charge in [-0.2, -0.15) is 0 Å². The molecule has 5 heterocycles. The van der Waals surface area contributed by atoms with Crippen molar-refractivity contribution in [1.29, 1.82) is 0 Å². The Hall–Kier alpha value is -3.20. The zero-order chi connectivity index (χ0) is 38.2. The number of ketones is 1. The second-order valence-electron chi connectivity index (χ2n) is 14.8. The molecule has 13 atom stereocenters. The molecule has 1 spiro atoms. The Morgan fingerprint density at radius 1 is 1.15 bits per heavy atom. The number of ether oxygens (including phenoxy) is 11. The van der Waals surface area contributed by atoms with E-state index in [1.807, 2.05) is 6.92 Å². The highest BCUT2D eigenvalue weighted by molar-refractivity contribution is 6.13. The number of methoxy groups -OCH3 is 3. The molecule has 4 N–H and O–H groups in total. The first-order valence-electron chi connectivity index (χ1n) is 17.4. The number of esters is 1. The van der Waals surface area contributed by atoms with Crippen LogP contribution < -0.4 is 9.47 Å². The first kappa shape index (κ1) is 36.8. The fourth-order valence-corrected chi connectivity index (χ4v) is 9.21. The topological polar surface area (TPSA) is 220 Å². The van der Waals surface area contributed by atoms with Gasteiger partial charge in [0.2, 0.25) is 11.9 Å². The number of carbonyl (C=O) groups is 2. The van der Waals surface area contributed by atoms with Crippen LogP contribution in [0.3, 0.4) is 0 Å². The van der Waals surface area contributed by atoms with Gasteiger partial charge in [0.05, 0.1) is 36.9 Å². The van der Waals surface area contributed by atoms with Crippen LogP contribution in [0.15, 0.2) is 6.07 Å². The Bertz CT molecular complexity index is 1870. The highest BCUT2D eigenvalue weighted by atomic mass is 16.9. The Kier molecular flexibility index (Phi) is 8.43. The van der Waals surface area contributed by atoms with Crippen molar-refractivity contribution >= 4 is 22.5 Å². The lowest BCUT2D eigenvalue weighted by atomic mass is 9.77. The molecule has 4 fully saturated rings. The average molecular weight is 749 g/mol. The van der Waals surface area contributed by atoms with Gasteiger partial charge in [-0.1, -0.05) is 0 Å². The van der Waals surface area contributed by atoms with Crippen LogP contribution >= 0.6 is 0 Å². The number of Topliss-reactive ketones (excluding diaryl/α,β-unsaturated/α-hetero) is 1. The summed E-state index contributed by atoms with van der Waals surface area (Å²) in [5, 5.41) is 45.1. The van der Waals surface area contributed by atoms with Gasteiger partial charge in [0.15, 0.2) is 30.6 Å². The summed E-state index contributed by atoms with van der Waals surface area (Å²) in [6.45, 7) is 7.63. The van der Waals surface area contributed by atoms with E-state index in [2.05, 4.69) is 0 Å². The second kappa shape index (κ2) is 12.1. The summed E-state index contributed by atoms with van der Waals surface area (Å²) in [6, 6.07) is 1.75. The Balaban J connectivity index is 1.26. The van der Waals surface area contributed by atoms with Gasteiger partial charge < -0.3 is 72.5 Å². The van der Waals surface area contributed by atoms with Gasteiger partial charge in [-0.3, -0.25) is 9.59 Å². The maximum atomic E-state index is 13.8. The highest BCUT2D eigenvalue weighted by Crippen LogP contribution is 2.72. The van der Waals surface area contributed by atoms with E-state index in [1.165, 1.54) is 42.1 Å². The normalized spacial score (nSPS) is 40.4. The molecule has 2 bridgehead atoms. The van der Waals surface area contributed by atoms with E-state index in [9.17, 15) is 30.0 Å². The van der Waals surface area contributed by atoms with Crippen molar-refractivity contribution in [1.82, 2.24) is 0 Å². The number of aromatic hydroxyl groups is 1. The summed E-state index contributed by atoms with van der Waals surface area (Å²) in [5.41, 5.74) is -1.95. The van der Waals surface area contributed by atoms with Crippen LogP contribution in [0.1, 0.15) is 79.8 Å². The predicted molar refractivity (Wildman–Crippen MR) is 175 cm³/mol. The van der Waals surface area contributed by atoms with Gasteiger partial charge in [0.25, 0.3) is 11.6 Å². The fourth-order valence-electron chi connectivity index (χ4n) is 9.21. The quantitative estimate of drug-likeness (QED) is 0.163. The molecule has 1 aliphatic carbocycles. The Morgan fingerprint density at radius 2 is 1.87 bits per heavy atom. The van der Waals surface area contributed by atoms with Crippen molar-refractivity contribution in [2.75, 3.05) is 27.9 Å². The number of aliphatic hydroxyl groups excluding tert-OH is 2. The minimum Gasteiger partial charge on any atom is -0.506 e. The minimum absolute atomic E-state index is 0.0386. The van der Waals surface area contributed by atoms with Crippen LogP contribution in [0.25, 0.3) is 10.8 Å². The molecule has 290 valence electrons. The third-order valence-electron chi connectivity index (χ3n) is 11.4. The third-order valence-corrected chi connectivity index (χ3v) is 11.4. The molecule has 0 saturated carbocycles. The summed E-state index contributed by atoms with van der Waals surface area (Å²) in [4.78, 5) is 25.6. The van der Waals surface area contributed by atoms with E-state index in [0.717, 1.165) is 0 Å². The number of rotatable bonds is 9. The summed E-state index contributed by atoms with van der Waals surface area (Å²) < 4.78 is 67.2. The molecule has 4 saturated heterocycles. The van der Waals surface area contributed by atoms with Gasteiger partial charge in [0, 0.05) is 50.5 Å². The number of phenolic OH excluding ortho intramolecular Hbond substituents is 1. The molecule has 0 amide bonds. The molecular weight excluding hydrogens is 704 g/mol. The molecule has 17 nitrogen and oxygen atoms in total. The standard InChI is InChI=1S/C36H44O17/c1-13-9-17-22(28-21(13)29-31-35(45-8,51-28)34(12-46-34)36(52-29,53-31)32(44-7)49-16(4)38)26(41)24-23(27(17)43-6)19(10-18(39)25(24)40)50-20-11-33(5,42)30(14(2)47-20)48-15(3)37/h9,14,16,18-20,29-32,38-39,41-42H,10-12H2,1-8H3/t14?,16?,18-,19-,20?,29?,30?,31?,32+,33?,34-,35+,36?/m0/s1. The van der Waals surface area contributed by atoms with Gasteiger partial charge in [0.1, 0.15) is 35.1 Å². The van der Waals surface area contributed by atoms with Crippen LogP contribution in [0.2, 0.25) is 0 Å². The molecule has 0 radical (unpaired) electrons. The monoisotopic (exact) mass is 748 g/mol. The molecule has 2 aromatic rings. The molecule has 8 rings (SSSR count). The number of carbonyl (C=O) groups excluding carboxylic acids is 2. The molecule has 6 aliphatic rings.